The Balaban J connectivity index is 1.44. The van der Waals surface area contributed by atoms with Gasteiger partial charge in [0, 0.05) is 12.4 Å². The maximum atomic E-state index is 12.3. The number of imide groups is 1. The van der Waals surface area contributed by atoms with Crippen LogP contribution >= 0.6 is 11.8 Å². The van der Waals surface area contributed by atoms with Gasteiger partial charge in [-0.3, -0.25) is 19.5 Å². The summed E-state index contributed by atoms with van der Waals surface area (Å²) in [6.45, 7) is 0.224. The average Bonchev–Trinajstić information content (AvgIpc) is 3.18. The van der Waals surface area contributed by atoms with Crippen molar-refractivity contribution in [2.24, 2.45) is 0 Å². The lowest BCUT2D eigenvalue weighted by molar-refractivity contribution is -0.126. The molecule has 1 aliphatic rings. The summed E-state index contributed by atoms with van der Waals surface area (Å²) in [6, 6.07) is 20.6. The van der Waals surface area contributed by atoms with Crippen LogP contribution in [0.4, 0.5) is 4.79 Å². The summed E-state index contributed by atoms with van der Waals surface area (Å²) in [4.78, 5) is 30.0. The molecule has 7 heteroatoms. The van der Waals surface area contributed by atoms with E-state index in [1.54, 1.807) is 18.5 Å². The lowest BCUT2D eigenvalue weighted by atomic mass is 10.0. The molecule has 2 heterocycles. The van der Waals surface area contributed by atoms with Crippen LogP contribution < -0.4 is 4.74 Å². The van der Waals surface area contributed by atoms with Gasteiger partial charge in [-0.1, -0.05) is 42.1 Å². The third kappa shape index (κ3) is 5.16. The highest BCUT2D eigenvalue weighted by molar-refractivity contribution is 8.14. The molecule has 1 saturated heterocycles. The van der Waals surface area contributed by atoms with Crippen LogP contribution in [0.2, 0.25) is 0 Å². The van der Waals surface area contributed by atoms with Crippen LogP contribution in [0.25, 0.3) is 11.1 Å². The van der Waals surface area contributed by atoms with Crippen molar-refractivity contribution in [2.45, 2.75) is 18.9 Å². The number of hydrogen-bond donors (Lipinski definition) is 0. The molecule has 1 aromatic heterocycles. The Morgan fingerprint density at radius 2 is 1.94 bits per heavy atom. The number of nitrogens with zero attached hydrogens (tertiary/aromatic N) is 3. The largest absolute Gasteiger partial charge is 0.491 e. The van der Waals surface area contributed by atoms with Gasteiger partial charge in [-0.15, -0.1) is 0 Å². The molecule has 0 saturated carbocycles. The van der Waals surface area contributed by atoms with Crippen molar-refractivity contribution in [3.8, 4) is 22.9 Å². The van der Waals surface area contributed by atoms with Crippen LogP contribution in [0.15, 0.2) is 73.1 Å². The number of aryl methyl sites for hydroxylation is 1. The zero-order valence-electron chi connectivity index (χ0n) is 17.3. The maximum absolute atomic E-state index is 12.3. The highest BCUT2D eigenvalue weighted by Crippen LogP contribution is 2.26. The zero-order chi connectivity index (χ0) is 22.3. The molecular weight excluding hydrogens is 422 g/mol. The minimum Gasteiger partial charge on any atom is -0.491 e. The lowest BCUT2D eigenvalue weighted by Crippen LogP contribution is -2.43. The Morgan fingerprint density at radius 1 is 1.09 bits per heavy atom. The first-order valence-electron chi connectivity index (χ1n) is 10.2. The molecule has 0 radical (unpaired) electrons. The average molecular weight is 444 g/mol. The van der Waals surface area contributed by atoms with E-state index in [1.807, 2.05) is 54.6 Å². The molecule has 0 aliphatic carbocycles. The van der Waals surface area contributed by atoms with E-state index < -0.39 is 0 Å². The van der Waals surface area contributed by atoms with E-state index in [-0.39, 0.29) is 29.5 Å². The first kappa shape index (κ1) is 21.6. The molecule has 6 nitrogen and oxygen atoms in total. The summed E-state index contributed by atoms with van der Waals surface area (Å²) in [5, 5.41) is 8.87. The molecule has 0 unspecified atom stereocenters. The minimum absolute atomic E-state index is 0.174. The molecule has 0 N–H and O–H groups in total. The van der Waals surface area contributed by atoms with E-state index in [2.05, 4.69) is 11.1 Å². The zero-order valence-corrected chi connectivity index (χ0v) is 18.1. The van der Waals surface area contributed by atoms with Crippen molar-refractivity contribution in [1.82, 2.24) is 9.88 Å². The Kier molecular flexibility index (Phi) is 6.83. The molecule has 32 heavy (non-hydrogen) atoms. The van der Waals surface area contributed by atoms with Crippen LogP contribution in [0.1, 0.15) is 17.5 Å². The number of aromatic nitrogens is 1. The first-order valence-corrected chi connectivity index (χ1v) is 11.2. The fourth-order valence-corrected chi connectivity index (χ4v) is 4.36. The standard InChI is InChI=1S/C25H21N3O3S/c26-14-19-3-1-5-21(13-19)20-7-10-23(11-8-20)31-16-22(28-24(29)17-32-25(28)30)9-6-18-4-2-12-27-15-18/h1-5,7-8,10-13,15,22H,6,9,16-17H2/t22-/m1/s1. The summed E-state index contributed by atoms with van der Waals surface area (Å²) in [6.07, 6.45) is 4.80. The maximum Gasteiger partial charge on any atom is 0.289 e. The highest BCUT2D eigenvalue weighted by Gasteiger charge is 2.36. The van der Waals surface area contributed by atoms with Crippen molar-refractivity contribution in [3.05, 3.63) is 84.2 Å². The molecule has 3 aromatic rings. The molecule has 0 bridgehead atoms. The number of hydrogen-bond acceptors (Lipinski definition) is 6. The quantitative estimate of drug-likeness (QED) is 0.502. The van der Waals surface area contributed by atoms with Gasteiger partial charge >= 0.3 is 0 Å². The van der Waals surface area contributed by atoms with Crippen molar-refractivity contribution in [1.29, 1.82) is 5.26 Å². The molecule has 1 aliphatic heterocycles. The molecule has 1 fully saturated rings. The third-order valence-electron chi connectivity index (χ3n) is 5.26. The summed E-state index contributed by atoms with van der Waals surface area (Å²) in [7, 11) is 0. The second kappa shape index (κ2) is 10.1. The van der Waals surface area contributed by atoms with Crippen molar-refractivity contribution in [3.63, 3.8) is 0 Å². The molecule has 1 atom stereocenters. The number of rotatable bonds is 8. The second-order valence-corrected chi connectivity index (χ2v) is 8.33. The topological polar surface area (TPSA) is 83.3 Å². The van der Waals surface area contributed by atoms with Crippen molar-refractivity contribution < 1.29 is 14.3 Å². The molecule has 4 rings (SSSR count). The van der Waals surface area contributed by atoms with Gasteiger partial charge in [0.15, 0.2) is 0 Å². The second-order valence-electron chi connectivity index (χ2n) is 7.40. The predicted octanol–water partition coefficient (Wildman–Crippen LogP) is 4.70. The fourth-order valence-electron chi connectivity index (χ4n) is 3.59. The number of thioether (sulfide) groups is 1. The van der Waals surface area contributed by atoms with E-state index in [4.69, 9.17) is 10.00 Å². The minimum atomic E-state index is -0.350. The number of carbonyl (C=O) groups excluding carboxylic acids is 2. The monoisotopic (exact) mass is 443 g/mol. The SMILES string of the molecule is N#Cc1cccc(-c2ccc(OC[C@@H](CCc3cccnc3)N3C(=O)CSC3=O)cc2)c1. The summed E-state index contributed by atoms with van der Waals surface area (Å²) in [5.41, 5.74) is 3.59. The van der Waals surface area contributed by atoms with Gasteiger partial charge in [0.25, 0.3) is 5.24 Å². The van der Waals surface area contributed by atoms with Gasteiger partial charge in [-0.25, -0.2) is 0 Å². The number of pyridine rings is 1. The number of nitriles is 1. The van der Waals surface area contributed by atoms with Crippen molar-refractivity contribution >= 4 is 22.9 Å². The van der Waals surface area contributed by atoms with Gasteiger partial charge in [0.05, 0.1) is 23.4 Å². The van der Waals surface area contributed by atoms with E-state index in [0.29, 0.717) is 24.2 Å². The number of benzene rings is 2. The van der Waals surface area contributed by atoms with Crippen molar-refractivity contribution in [2.75, 3.05) is 12.4 Å². The van der Waals surface area contributed by atoms with Gasteiger partial charge in [-0.05, 0) is 59.9 Å². The van der Waals surface area contributed by atoms with Crippen LogP contribution in [0.5, 0.6) is 5.75 Å². The Hall–Kier alpha value is -3.63. The van der Waals surface area contributed by atoms with Gasteiger partial charge in [0.1, 0.15) is 12.4 Å². The smallest absolute Gasteiger partial charge is 0.289 e. The fraction of sp³-hybridized carbons (Fsp3) is 0.200. The molecule has 160 valence electrons. The van der Waals surface area contributed by atoms with E-state index in [9.17, 15) is 9.59 Å². The van der Waals surface area contributed by atoms with Crippen LogP contribution in [0.3, 0.4) is 0 Å². The predicted molar refractivity (Wildman–Crippen MR) is 123 cm³/mol. The van der Waals surface area contributed by atoms with E-state index >= 15 is 0 Å². The summed E-state index contributed by atoms with van der Waals surface area (Å²) >= 11 is 1.03. The highest BCUT2D eigenvalue weighted by atomic mass is 32.2. The van der Waals surface area contributed by atoms with Crippen LogP contribution in [-0.4, -0.2) is 39.4 Å². The Labute approximate surface area is 190 Å². The Morgan fingerprint density at radius 3 is 2.62 bits per heavy atom. The van der Waals surface area contributed by atoms with Gasteiger partial charge < -0.3 is 4.74 Å². The van der Waals surface area contributed by atoms with E-state index in [1.165, 1.54) is 4.90 Å². The number of carbonyl (C=O) groups is 2. The number of amides is 2. The van der Waals surface area contributed by atoms with E-state index in [0.717, 1.165) is 28.5 Å². The van der Waals surface area contributed by atoms with Crippen LogP contribution in [-0.2, 0) is 11.2 Å². The summed E-state index contributed by atoms with van der Waals surface area (Å²) in [5.74, 6) is 0.661. The first-order chi connectivity index (χ1) is 15.6. The normalized spacial score (nSPS) is 14.3. The summed E-state index contributed by atoms with van der Waals surface area (Å²) < 4.78 is 5.98. The third-order valence-corrected chi connectivity index (χ3v) is 6.10. The molecule has 0 spiro atoms. The lowest BCUT2D eigenvalue weighted by Gasteiger charge is -2.25. The van der Waals surface area contributed by atoms with Gasteiger partial charge in [-0.2, -0.15) is 5.26 Å². The molecule has 2 aromatic carbocycles. The van der Waals surface area contributed by atoms with Crippen LogP contribution in [0, 0.1) is 11.3 Å². The molecule has 2 amide bonds. The molecular formula is C25H21N3O3S. The Bertz CT molecular complexity index is 1130. The van der Waals surface area contributed by atoms with Gasteiger partial charge in [0.2, 0.25) is 5.91 Å². The number of ether oxygens (including phenoxy) is 1.